The van der Waals surface area contributed by atoms with Crippen LogP contribution in [0.3, 0.4) is 0 Å². The van der Waals surface area contributed by atoms with Gasteiger partial charge in [-0.15, -0.1) is 0 Å². The maximum absolute atomic E-state index is 13.2. The van der Waals surface area contributed by atoms with Crippen LogP contribution in [0.15, 0.2) is 30.3 Å². The van der Waals surface area contributed by atoms with Crippen molar-refractivity contribution in [3.63, 3.8) is 0 Å². The fourth-order valence-corrected chi connectivity index (χ4v) is 2.12. The molecule has 0 radical (unpaired) electrons. The van der Waals surface area contributed by atoms with Crippen molar-refractivity contribution < 1.29 is 14.4 Å². The number of aromatic hydroxyl groups is 1. The molecule has 0 aliphatic rings. The number of rotatable bonds is 4. The number of anilines is 1. The molecule has 0 bridgehead atoms. The minimum atomic E-state index is -0.701. The number of phenols is 1. The molecule has 21 heavy (non-hydrogen) atoms. The number of phenolic OH excluding ortho intramolecular Hbond substituents is 1. The number of nitrogens with one attached hydrogen (secondary N) is 1. The molecule has 0 unspecified atom stereocenters. The summed E-state index contributed by atoms with van der Waals surface area (Å²) in [5.41, 5.74) is 1.41. The van der Waals surface area contributed by atoms with E-state index in [0.717, 1.165) is 6.07 Å². The number of benzene rings is 2. The zero-order valence-electron chi connectivity index (χ0n) is 11.1. The number of para-hydroxylation sites is 1. The Morgan fingerprint density at radius 1 is 1.43 bits per heavy atom. The number of nitro benzene ring substituents is 1. The van der Waals surface area contributed by atoms with Gasteiger partial charge in [0, 0.05) is 23.9 Å². The SMILES string of the molecule is Cc1cc([N+](=O)[O-])c(Cl)cc1NCc1cccc(F)c1O. The van der Waals surface area contributed by atoms with Gasteiger partial charge in [-0.05, 0) is 24.6 Å². The summed E-state index contributed by atoms with van der Waals surface area (Å²) in [6, 6.07) is 7.02. The van der Waals surface area contributed by atoms with Crippen molar-refractivity contribution in [3.05, 3.63) is 62.4 Å². The Bertz CT molecular complexity index is 707. The molecular weight excluding hydrogens is 299 g/mol. The third-order valence-electron chi connectivity index (χ3n) is 3.03. The smallest absolute Gasteiger partial charge is 0.288 e. The van der Waals surface area contributed by atoms with Crippen LogP contribution in [0.5, 0.6) is 5.75 Å². The number of nitro groups is 1. The Hall–Kier alpha value is -2.34. The lowest BCUT2D eigenvalue weighted by Crippen LogP contribution is -2.03. The van der Waals surface area contributed by atoms with Gasteiger partial charge in [-0.3, -0.25) is 10.1 Å². The molecule has 0 aliphatic carbocycles. The van der Waals surface area contributed by atoms with Gasteiger partial charge < -0.3 is 10.4 Å². The first-order valence-electron chi connectivity index (χ1n) is 6.05. The van der Waals surface area contributed by atoms with Crippen molar-refractivity contribution in [1.29, 1.82) is 0 Å². The predicted molar refractivity (Wildman–Crippen MR) is 78.2 cm³/mol. The predicted octanol–water partition coefficient (Wildman–Crippen LogP) is 4.01. The van der Waals surface area contributed by atoms with E-state index in [0.29, 0.717) is 16.8 Å². The molecule has 0 fully saturated rings. The summed E-state index contributed by atoms with van der Waals surface area (Å²) >= 11 is 5.84. The van der Waals surface area contributed by atoms with Gasteiger partial charge in [0.1, 0.15) is 5.02 Å². The van der Waals surface area contributed by atoms with E-state index >= 15 is 0 Å². The van der Waals surface area contributed by atoms with E-state index in [4.69, 9.17) is 11.6 Å². The molecule has 0 saturated heterocycles. The molecule has 0 amide bonds. The Morgan fingerprint density at radius 2 is 2.14 bits per heavy atom. The van der Waals surface area contributed by atoms with Crippen molar-refractivity contribution in [1.82, 2.24) is 0 Å². The molecule has 0 heterocycles. The van der Waals surface area contributed by atoms with Gasteiger partial charge in [-0.1, -0.05) is 23.7 Å². The van der Waals surface area contributed by atoms with E-state index in [-0.39, 0.29) is 17.3 Å². The van der Waals surface area contributed by atoms with Gasteiger partial charge in [0.25, 0.3) is 5.69 Å². The maximum atomic E-state index is 13.2. The largest absolute Gasteiger partial charge is 0.505 e. The lowest BCUT2D eigenvalue weighted by Gasteiger charge is -2.11. The molecule has 5 nitrogen and oxygen atoms in total. The third-order valence-corrected chi connectivity index (χ3v) is 3.33. The highest BCUT2D eigenvalue weighted by Gasteiger charge is 2.15. The van der Waals surface area contributed by atoms with Crippen LogP contribution in [-0.2, 0) is 6.54 Å². The second-order valence-corrected chi connectivity index (χ2v) is 4.88. The summed E-state index contributed by atoms with van der Waals surface area (Å²) < 4.78 is 13.2. The fraction of sp³-hybridized carbons (Fsp3) is 0.143. The number of halogens is 2. The molecule has 0 spiro atoms. The van der Waals surface area contributed by atoms with Gasteiger partial charge in [0.05, 0.1) is 4.92 Å². The molecule has 0 aromatic heterocycles. The topological polar surface area (TPSA) is 75.4 Å². The first-order valence-corrected chi connectivity index (χ1v) is 6.42. The van der Waals surface area contributed by atoms with E-state index in [1.807, 2.05) is 0 Å². The Morgan fingerprint density at radius 3 is 2.81 bits per heavy atom. The first-order chi connectivity index (χ1) is 9.90. The third kappa shape index (κ3) is 3.22. The molecule has 110 valence electrons. The lowest BCUT2D eigenvalue weighted by atomic mass is 10.1. The quantitative estimate of drug-likeness (QED) is 0.661. The van der Waals surface area contributed by atoms with Crippen molar-refractivity contribution >= 4 is 23.0 Å². The second kappa shape index (κ2) is 5.97. The lowest BCUT2D eigenvalue weighted by molar-refractivity contribution is -0.384. The summed E-state index contributed by atoms with van der Waals surface area (Å²) in [6.45, 7) is 1.86. The molecule has 2 aromatic rings. The zero-order chi connectivity index (χ0) is 15.6. The summed E-state index contributed by atoms with van der Waals surface area (Å²) in [7, 11) is 0. The van der Waals surface area contributed by atoms with Crippen LogP contribution in [0, 0.1) is 22.9 Å². The molecule has 2 rings (SSSR count). The van der Waals surface area contributed by atoms with Crippen molar-refractivity contribution in [2.75, 3.05) is 5.32 Å². The minimum absolute atomic E-state index is 0.0107. The van der Waals surface area contributed by atoms with Crippen LogP contribution in [0.25, 0.3) is 0 Å². The summed E-state index contributed by atoms with van der Waals surface area (Å²) in [4.78, 5) is 10.2. The van der Waals surface area contributed by atoms with Gasteiger partial charge in [0.2, 0.25) is 0 Å². The normalized spacial score (nSPS) is 10.4. The van der Waals surface area contributed by atoms with Crippen LogP contribution < -0.4 is 5.32 Å². The van der Waals surface area contributed by atoms with E-state index < -0.39 is 16.5 Å². The fourth-order valence-electron chi connectivity index (χ4n) is 1.89. The van der Waals surface area contributed by atoms with E-state index in [2.05, 4.69) is 5.32 Å². The molecule has 7 heteroatoms. The monoisotopic (exact) mass is 310 g/mol. The number of hydrogen-bond acceptors (Lipinski definition) is 4. The van der Waals surface area contributed by atoms with Crippen molar-refractivity contribution in [3.8, 4) is 5.75 Å². The minimum Gasteiger partial charge on any atom is -0.505 e. The molecule has 0 saturated carbocycles. The number of hydrogen-bond donors (Lipinski definition) is 2. The highest BCUT2D eigenvalue weighted by molar-refractivity contribution is 6.33. The Labute approximate surface area is 125 Å². The molecule has 0 atom stereocenters. The van der Waals surface area contributed by atoms with Gasteiger partial charge >= 0.3 is 0 Å². The van der Waals surface area contributed by atoms with Crippen molar-refractivity contribution in [2.24, 2.45) is 0 Å². The summed E-state index contributed by atoms with van der Waals surface area (Å²) in [5.74, 6) is -1.12. The highest BCUT2D eigenvalue weighted by atomic mass is 35.5. The van der Waals surface area contributed by atoms with Gasteiger partial charge in [-0.25, -0.2) is 4.39 Å². The average Bonchev–Trinajstić information content (AvgIpc) is 2.43. The Balaban J connectivity index is 2.23. The Kier molecular flexibility index (Phi) is 4.28. The van der Waals surface area contributed by atoms with Crippen LogP contribution >= 0.6 is 11.6 Å². The number of aryl methyl sites for hydroxylation is 1. The first kappa shape index (κ1) is 15.1. The maximum Gasteiger partial charge on any atom is 0.288 e. The van der Waals surface area contributed by atoms with Gasteiger partial charge in [0.15, 0.2) is 11.6 Å². The molecular formula is C14H12ClFN2O3. The summed E-state index contributed by atoms with van der Waals surface area (Å²) in [6.07, 6.45) is 0. The zero-order valence-corrected chi connectivity index (χ0v) is 11.8. The molecule has 0 aliphatic heterocycles. The highest BCUT2D eigenvalue weighted by Crippen LogP contribution is 2.31. The molecule has 2 aromatic carbocycles. The van der Waals surface area contributed by atoms with Crippen LogP contribution in [-0.4, -0.2) is 10.0 Å². The summed E-state index contributed by atoms with van der Waals surface area (Å²) in [5, 5.41) is 23.3. The standard InChI is InChI=1S/C14H12ClFN2O3/c1-8-5-13(18(20)21)10(15)6-12(8)17-7-9-3-2-4-11(16)14(9)19/h2-6,17,19H,7H2,1H3. The second-order valence-electron chi connectivity index (χ2n) is 4.48. The van der Waals surface area contributed by atoms with Crippen molar-refractivity contribution in [2.45, 2.75) is 13.5 Å². The van der Waals surface area contributed by atoms with E-state index in [1.165, 1.54) is 18.2 Å². The van der Waals surface area contributed by atoms with Crippen LogP contribution in [0.2, 0.25) is 5.02 Å². The van der Waals surface area contributed by atoms with Crippen LogP contribution in [0.1, 0.15) is 11.1 Å². The van der Waals surface area contributed by atoms with Gasteiger partial charge in [-0.2, -0.15) is 0 Å². The molecule has 2 N–H and O–H groups in total. The average molecular weight is 311 g/mol. The van der Waals surface area contributed by atoms with Crippen LogP contribution in [0.4, 0.5) is 15.8 Å². The number of nitrogens with zero attached hydrogens (tertiary/aromatic N) is 1. The van der Waals surface area contributed by atoms with E-state index in [9.17, 15) is 19.6 Å². The van der Waals surface area contributed by atoms with E-state index in [1.54, 1.807) is 13.0 Å².